The first kappa shape index (κ1) is 13.2. The summed E-state index contributed by atoms with van der Waals surface area (Å²) < 4.78 is 30.7. The van der Waals surface area contributed by atoms with Crippen LogP contribution in [0.3, 0.4) is 0 Å². The molecule has 1 atom stereocenters. The molecular formula is C12H19F2N3O2. The van der Waals surface area contributed by atoms with Gasteiger partial charge in [0.15, 0.2) is 0 Å². The van der Waals surface area contributed by atoms with Crippen molar-refractivity contribution in [3.05, 3.63) is 0 Å². The van der Waals surface area contributed by atoms with Crippen LogP contribution in [0.15, 0.2) is 0 Å². The molecule has 0 aromatic carbocycles. The average molecular weight is 275 g/mol. The van der Waals surface area contributed by atoms with Gasteiger partial charge in [0.1, 0.15) is 6.10 Å². The molecule has 3 heterocycles. The van der Waals surface area contributed by atoms with E-state index in [-0.39, 0.29) is 0 Å². The second-order valence-electron chi connectivity index (χ2n) is 5.59. The molecule has 1 N–H and O–H groups in total. The van der Waals surface area contributed by atoms with E-state index in [1.54, 1.807) is 0 Å². The molecule has 0 amide bonds. The first-order valence-corrected chi connectivity index (χ1v) is 6.80. The number of esters is 1. The molecule has 3 fully saturated rings. The van der Waals surface area contributed by atoms with Gasteiger partial charge in [0.25, 0.3) is 0 Å². The van der Waals surface area contributed by atoms with E-state index in [0.717, 1.165) is 39.3 Å². The Morgan fingerprint density at radius 2 is 2.00 bits per heavy atom. The minimum absolute atomic E-state index is 0.434. The van der Waals surface area contributed by atoms with E-state index < -0.39 is 24.4 Å². The van der Waals surface area contributed by atoms with Gasteiger partial charge in [0.05, 0.1) is 6.42 Å². The zero-order valence-corrected chi connectivity index (χ0v) is 10.8. The molecule has 0 aromatic heterocycles. The Bertz CT molecular complexity index is 355. The lowest BCUT2D eigenvalue weighted by Crippen LogP contribution is -2.63. The Kier molecular flexibility index (Phi) is 3.44. The molecule has 0 aliphatic carbocycles. The number of nitrogens with one attached hydrogen (secondary N) is 1. The summed E-state index contributed by atoms with van der Waals surface area (Å²) in [4.78, 5) is 15.4. The molecule has 108 valence electrons. The number of cyclic esters (lactones) is 1. The fraction of sp³-hybridized carbons (Fsp3) is 0.917. The van der Waals surface area contributed by atoms with Gasteiger partial charge in [-0.25, -0.2) is 4.79 Å². The lowest BCUT2D eigenvalue weighted by Gasteiger charge is -2.47. The van der Waals surface area contributed by atoms with Crippen LogP contribution >= 0.6 is 0 Å². The van der Waals surface area contributed by atoms with Gasteiger partial charge in [-0.3, -0.25) is 9.80 Å². The number of carbonyl (C=O) groups is 1. The van der Waals surface area contributed by atoms with Crippen molar-refractivity contribution in [1.29, 1.82) is 0 Å². The van der Waals surface area contributed by atoms with Gasteiger partial charge in [-0.2, -0.15) is 8.78 Å². The second-order valence-corrected chi connectivity index (χ2v) is 5.59. The number of likely N-dealkylation sites (tertiary alicyclic amines) is 1. The van der Waals surface area contributed by atoms with E-state index in [1.165, 1.54) is 0 Å². The molecule has 19 heavy (non-hydrogen) atoms. The molecule has 3 rings (SSSR count). The van der Waals surface area contributed by atoms with Crippen LogP contribution in [0.2, 0.25) is 0 Å². The van der Waals surface area contributed by atoms with Gasteiger partial charge in [-0.1, -0.05) is 0 Å². The van der Waals surface area contributed by atoms with Gasteiger partial charge in [0, 0.05) is 51.9 Å². The van der Waals surface area contributed by atoms with Crippen molar-refractivity contribution in [2.75, 3.05) is 45.8 Å². The number of halogens is 2. The molecule has 0 aromatic rings. The van der Waals surface area contributed by atoms with Crippen molar-refractivity contribution in [2.45, 2.75) is 24.5 Å². The van der Waals surface area contributed by atoms with Gasteiger partial charge < -0.3 is 10.1 Å². The molecule has 0 radical (unpaired) electrons. The van der Waals surface area contributed by atoms with E-state index in [0.29, 0.717) is 12.6 Å². The van der Waals surface area contributed by atoms with Gasteiger partial charge >= 0.3 is 11.9 Å². The summed E-state index contributed by atoms with van der Waals surface area (Å²) in [6, 6.07) is 0.528. The molecule has 0 bridgehead atoms. The van der Waals surface area contributed by atoms with Crippen LogP contribution in [0.25, 0.3) is 0 Å². The van der Waals surface area contributed by atoms with Crippen LogP contribution < -0.4 is 5.32 Å². The van der Waals surface area contributed by atoms with Crippen LogP contribution in [0.4, 0.5) is 8.78 Å². The predicted molar refractivity (Wildman–Crippen MR) is 64.1 cm³/mol. The van der Waals surface area contributed by atoms with Gasteiger partial charge in [0.2, 0.25) is 0 Å². The van der Waals surface area contributed by atoms with Gasteiger partial charge in [-0.05, 0) is 0 Å². The maximum Gasteiger partial charge on any atom is 0.377 e. The molecule has 0 spiro atoms. The van der Waals surface area contributed by atoms with Crippen molar-refractivity contribution >= 4 is 5.97 Å². The molecule has 7 heteroatoms. The Hall–Kier alpha value is -0.790. The molecule has 3 aliphatic rings. The van der Waals surface area contributed by atoms with Crippen molar-refractivity contribution in [2.24, 2.45) is 0 Å². The number of nitrogens with zero attached hydrogens (tertiary/aromatic N) is 2. The standard InChI is InChI=1S/C12H19F2N3O2/c13-12(14)5-10(19-11(12)18)8-16-6-9(7-16)17-3-1-15-2-4-17/h9-10,15H,1-8H2. The van der Waals surface area contributed by atoms with Crippen LogP contribution in [0.1, 0.15) is 6.42 Å². The maximum atomic E-state index is 13.0. The number of ether oxygens (including phenoxy) is 1. The number of rotatable bonds is 3. The summed E-state index contributed by atoms with van der Waals surface area (Å²) in [5.41, 5.74) is 0. The summed E-state index contributed by atoms with van der Waals surface area (Å²) in [6.07, 6.45) is -1.12. The van der Waals surface area contributed by atoms with Crippen molar-refractivity contribution in [1.82, 2.24) is 15.1 Å². The normalized spacial score (nSPS) is 33.2. The summed E-state index contributed by atoms with van der Waals surface area (Å²) in [6.45, 7) is 6.35. The fourth-order valence-electron chi connectivity index (χ4n) is 3.01. The molecular weight excluding hydrogens is 256 g/mol. The first-order chi connectivity index (χ1) is 9.04. The number of carbonyl (C=O) groups excluding carboxylic acids is 1. The molecule has 1 unspecified atom stereocenters. The molecule has 5 nitrogen and oxygen atoms in total. The SMILES string of the molecule is O=C1OC(CN2CC(N3CCNCC3)C2)CC1(F)F. The van der Waals surface area contributed by atoms with Crippen LogP contribution in [-0.2, 0) is 9.53 Å². The quantitative estimate of drug-likeness (QED) is 0.705. The maximum absolute atomic E-state index is 13.0. The highest BCUT2D eigenvalue weighted by Gasteiger charge is 2.51. The molecule has 0 saturated carbocycles. The fourth-order valence-corrected chi connectivity index (χ4v) is 3.01. The molecule has 3 saturated heterocycles. The third kappa shape index (κ3) is 2.73. The van der Waals surface area contributed by atoms with Crippen LogP contribution in [0.5, 0.6) is 0 Å². The summed E-state index contributed by atoms with van der Waals surface area (Å²) in [5, 5.41) is 3.31. The Balaban J connectivity index is 1.41. The summed E-state index contributed by atoms with van der Waals surface area (Å²) >= 11 is 0. The number of alkyl halides is 2. The third-order valence-corrected chi connectivity index (χ3v) is 4.12. The number of piperazine rings is 1. The van der Waals surface area contributed by atoms with E-state index in [1.807, 2.05) is 0 Å². The highest BCUT2D eigenvalue weighted by molar-refractivity contribution is 5.79. The van der Waals surface area contributed by atoms with Crippen molar-refractivity contribution < 1.29 is 18.3 Å². The van der Waals surface area contributed by atoms with E-state index in [4.69, 9.17) is 4.74 Å². The number of hydrogen-bond acceptors (Lipinski definition) is 5. The third-order valence-electron chi connectivity index (χ3n) is 4.12. The highest BCUT2D eigenvalue weighted by atomic mass is 19.3. The van der Waals surface area contributed by atoms with Crippen LogP contribution in [0, 0.1) is 0 Å². The van der Waals surface area contributed by atoms with E-state index in [2.05, 4.69) is 15.1 Å². The largest absolute Gasteiger partial charge is 0.456 e. The first-order valence-electron chi connectivity index (χ1n) is 6.80. The Labute approximate surface area is 110 Å². The zero-order valence-electron chi connectivity index (χ0n) is 10.8. The molecule has 3 aliphatic heterocycles. The van der Waals surface area contributed by atoms with E-state index >= 15 is 0 Å². The Morgan fingerprint density at radius 3 is 2.58 bits per heavy atom. The highest BCUT2D eigenvalue weighted by Crippen LogP contribution is 2.32. The predicted octanol–water partition coefficient (Wildman–Crippen LogP) is -0.473. The lowest BCUT2D eigenvalue weighted by molar-refractivity contribution is -0.159. The lowest BCUT2D eigenvalue weighted by atomic mass is 10.0. The second kappa shape index (κ2) is 4.96. The monoisotopic (exact) mass is 275 g/mol. The topological polar surface area (TPSA) is 44.8 Å². The minimum atomic E-state index is -3.28. The smallest absolute Gasteiger partial charge is 0.377 e. The van der Waals surface area contributed by atoms with Gasteiger partial charge in [-0.15, -0.1) is 0 Å². The van der Waals surface area contributed by atoms with Crippen LogP contribution in [-0.4, -0.2) is 79.7 Å². The minimum Gasteiger partial charge on any atom is -0.456 e. The Morgan fingerprint density at radius 1 is 1.32 bits per heavy atom. The number of hydrogen-bond donors (Lipinski definition) is 1. The summed E-state index contributed by atoms with van der Waals surface area (Å²) in [5.74, 6) is -4.65. The zero-order chi connectivity index (χ0) is 13.5. The van der Waals surface area contributed by atoms with E-state index in [9.17, 15) is 13.6 Å². The average Bonchev–Trinajstić information content (AvgIpc) is 2.58. The van der Waals surface area contributed by atoms with Crippen molar-refractivity contribution in [3.63, 3.8) is 0 Å². The van der Waals surface area contributed by atoms with Crippen molar-refractivity contribution in [3.8, 4) is 0 Å². The summed E-state index contributed by atoms with van der Waals surface area (Å²) in [7, 11) is 0.